The highest BCUT2D eigenvalue weighted by Crippen LogP contribution is 2.20. The molecule has 2 aromatic rings. The number of aromatic amines is 1. The molecular formula is C9H6N4O4. The number of nitrogens with one attached hydrogen (secondary N) is 1. The first kappa shape index (κ1) is 10.7. The van der Waals surface area contributed by atoms with Crippen LogP contribution >= 0.6 is 0 Å². The van der Waals surface area contributed by atoms with Crippen LogP contribution in [-0.2, 0) is 0 Å². The molecule has 0 fully saturated rings. The van der Waals surface area contributed by atoms with Crippen LogP contribution in [0.25, 0.3) is 11.4 Å². The number of aromatic carboxylic acids is 1. The van der Waals surface area contributed by atoms with E-state index in [1.165, 1.54) is 12.1 Å². The maximum Gasteiger partial charge on any atom is 0.339 e. The van der Waals surface area contributed by atoms with E-state index >= 15 is 0 Å². The van der Waals surface area contributed by atoms with Crippen molar-refractivity contribution in [1.82, 2.24) is 15.2 Å². The van der Waals surface area contributed by atoms with Crippen LogP contribution < -0.4 is 0 Å². The number of aromatic nitrogens is 3. The number of carbonyl (C=O) groups is 1. The molecule has 2 aromatic heterocycles. The topological polar surface area (TPSA) is 122 Å². The van der Waals surface area contributed by atoms with Gasteiger partial charge in [-0.1, -0.05) is 0 Å². The Morgan fingerprint density at radius 1 is 1.41 bits per heavy atom. The van der Waals surface area contributed by atoms with E-state index in [2.05, 4.69) is 15.2 Å². The Hall–Kier alpha value is -2.77. The fourth-order valence-electron chi connectivity index (χ4n) is 1.29. The van der Waals surface area contributed by atoms with Crippen LogP contribution in [0.2, 0.25) is 0 Å². The van der Waals surface area contributed by atoms with E-state index in [0.29, 0.717) is 0 Å². The van der Waals surface area contributed by atoms with Crippen molar-refractivity contribution < 1.29 is 14.8 Å². The van der Waals surface area contributed by atoms with Crippen molar-refractivity contribution in [2.45, 2.75) is 0 Å². The van der Waals surface area contributed by atoms with Crippen LogP contribution in [0.5, 0.6) is 0 Å². The quantitative estimate of drug-likeness (QED) is 0.605. The Morgan fingerprint density at radius 2 is 2.18 bits per heavy atom. The summed E-state index contributed by atoms with van der Waals surface area (Å²) in [5, 5.41) is 25.4. The lowest BCUT2D eigenvalue weighted by Crippen LogP contribution is -1.98. The molecule has 8 heteroatoms. The summed E-state index contributed by atoms with van der Waals surface area (Å²) >= 11 is 0. The van der Waals surface area contributed by atoms with Crippen molar-refractivity contribution in [1.29, 1.82) is 0 Å². The van der Waals surface area contributed by atoms with Gasteiger partial charge in [0, 0.05) is 6.07 Å². The van der Waals surface area contributed by atoms with Gasteiger partial charge in [0.05, 0.1) is 22.5 Å². The number of carboxylic acid groups (broad SMARTS) is 1. The van der Waals surface area contributed by atoms with Gasteiger partial charge >= 0.3 is 5.97 Å². The van der Waals surface area contributed by atoms with Gasteiger partial charge in [-0.2, -0.15) is 5.10 Å². The van der Waals surface area contributed by atoms with Crippen LogP contribution in [0.4, 0.5) is 5.69 Å². The van der Waals surface area contributed by atoms with Gasteiger partial charge in [0.1, 0.15) is 11.8 Å². The third-order valence-corrected chi connectivity index (χ3v) is 2.08. The highest BCUT2D eigenvalue weighted by Gasteiger charge is 2.15. The summed E-state index contributed by atoms with van der Waals surface area (Å²) in [5.41, 5.74) is 0.300. The zero-order valence-electron chi connectivity index (χ0n) is 8.32. The Bertz CT molecular complexity index is 575. The monoisotopic (exact) mass is 234 g/mol. The molecule has 86 valence electrons. The first-order valence-electron chi connectivity index (χ1n) is 4.47. The SMILES string of the molecule is O=C(O)c1cn[nH]c1-c1ccc([N+](=O)[O-])cn1. The molecule has 0 aliphatic carbocycles. The third kappa shape index (κ3) is 1.95. The number of rotatable bonds is 3. The molecule has 2 heterocycles. The lowest BCUT2D eigenvalue weighted by Gasteiger charge is -1.98. The average Bonchev–Trinajstić information content (AvgIpc) is 2.78. The van der Waals surface area contributed by atoms with Gasteiger partial charge < -0.3 is 5.11 Å². The van der Waals surface area contributed by atoms with E-state index in [-0.39, 0.29) is 22.6 Å². The third-order valence-electron chi connectivity index (χ3n) is 2.08. The minimum absolute atomic E-state index is 0.0358. The second-order valence-electron chi connectivity index (χ2n) is 3.12. The van der Waals surface area contributed by atoms with Crippen molar-refractivity contribution in [3.8, 4) is 11.4 Å². The van der Waals surface area contributed by atoms with Crippen molar-refractivity contribution in [2.75, 3.05) is 0 Å². The van der Waals surface area contributed by atoms with Crippen LogP contribution in [0.3, 0.4) is 0 Å². The molecule has 0 aliphatic heterocycles. The average molecular weight is 234 g/mol. The number of hydrogen-bond donors (Lipinski definition) is 2. The number of nitro groups is 1. The second kappa shape index (κ2) is 4.00. The molecule has 17 heavy (non-hydrogen) atoms. The fourth-order valence-corrected chi connectivity index (χ4v) is 1.29. The molecule has 2 N–H and O–H groups in total. The van der Waals surface area contributed by atoms with E-state index in [4.69, 9.17) is 5.11 Å². The highest BCUT2D eigenvalue weighted by atomic mass is 16.6. The molecule has 0 radical (unpaired) electrons. The standard InChI is InChI=1S/C9H6N4O4/c14-9(15)6-4-11-12-8(6)7-2-1-5(3-10-7)13(16)17/h1-4H,(H,11,12)(H,14,15). The van der Waals surface area contributed by atoms with Gasteiger partial charge in [-0.3, -0.25) is 15.2 Å². The molecule has 0 saturated heterocycles. The minimum atomic E-state index is -1.14. The van der Waals surface area contributed by atoms with Gasteiger partial charge in [-0.25, -0.2) is 9.78 Å². The number of carboxylic acids is 1. The summed E-state index contributed by atoms with van der Waals surface area (Å²) in [7, 11) is 0. The Labute approximate surface area is 94.1 Å². The van der Waals surface area contributed by atoms with Gasteiger partial charge in [-0.15, -0.1) is 0 Å². The molecule has 0 amide bonds. The zero-order chi connectivity index (χ0) is 12.4. The Balaban J connectivity index is 2.43. The minimum Gasteiger partial charge on any atom is -0.478 e. The van der Waals surface area contributed by atoms with Crippen molar-refractivity contribution in [3.05, 3.63) is 40.2 Å². The summed E-state index contributed by atoms with van der Waals surface area (Å²) < 4.78 is 0. The predicted molar refractivity (Wildman–Crippen MR) is 55.4 cm³/mol. The molecule has 0 bridgehead atoms. The van der Waals surface area contributed by atoms with Crippen molar-refractivity contribution in [2.24, 2.45) is 0 Å². The number of H-pyrrole nitrogens is 1. The van der Waals surface area contributed by atoms with Crippen LogP contribution in [0.15, 0.2) is 24.5 Å². The molecule has 0 spiro atoms. The van der Waals surface area contributed by atoms with Gasteiger partial charge in [0.15, 0.2) is 0 Å². The largest absolute Gasteiger partial charge is 0.478 e. The van der Waals surface area contributed by atoms with Crippen LogP contribution in [-0.4, -0.2) is 31.2 Å². The van der Waals surface area contributed by atoms with Gasteiger partial charge in [-0.05, 0) is 6.07 Å². The maximum atomic E-state index is 10.8. The Kier molecular flexibility index (Phi) is 2.53. The molecule has 0 aromatic carbocycles. The molecular weight excluding hydrogens is 228 g/mol. The normalized spacial score (nSPS) is 10.1. The van der Waals surface area contributed by atoms with E-state index in [9.17, 15) is 14.9 Å². The lowest BCUT2D eigenvalue weighted by atomic mass is 10.2. The van der Waals surface area contributed by atoms with Gasteiger partial charge in [0.25, 0.3) is 5.69 Å². The Morgan fingerprint density at radius 3 is 2.71 bits per heavy atom. The zero-order valence-corrected chi connectivity index (χ0v) is 8.32. The first-order valence-corrected chi connectivity index (χ1v) is 4.47. The van der Waals surface area contributed by atoms with Crippen molar-refractivity contribution in [3.63, 3.8) is 0 Å². The molecule has 2 rings (SSSR count). The summed E-state index contributed by atoms with van der Waals surface area (Å²) in [5.74, 6) is -1.14. The van der Waals surface area contributed by atoms with Crippen molar-refractivity contribution >= 4 is 11.7 Å². The van der Waals surface area contributed by atoms with E-state index in [1.807, 2.05) is 0 Å². The predicted octanol–water partition coefficient (Wildman–Crippen LogP) is 1.08. The molecule has 0 atom stereocenters. The van der Waals surface area contributed by atoms with Crippen LogP contribution in [0, 0.1) is 10.1 Å². The molecule has 8 nitrogen and oxygen atoms in total. The number of pyridine rings is 1. The first-order chi connectivity index (χ1) is 8.09. The summed E-state index contributed by atoms with van der Waals surface area (Å²) in [4.78, 5) is 24.5. The number of hydrogen-bond acceptors (Lipinski definition) is 5. The molecule has 0 unspecified atom stereocenters. The summed E-state index contributed by atoms with van der Waals surface area (Å²) in [6, 6.07) is 2.60. The second-order valence-corrected chi connectivity index (χ2v) is 3.12. The molecule has 0 saturated carbocycles. The molecule has 0 aliphatic rings. The highest BCUT2D eigenvalue weighted by molar-refractivity contribution is 5.93. The maximum absolute atomic E-state index is 10.8. The lowest BCUT2D eigenvalue weighted by molar-refractivity contribution is -0.385. The van der Waals surface area contributed by atoms with E-state index in [0.717, 1.165) is 12.4 Å². The van der Waals surface area contributed by atoms with Crippen LogP contribution in [0.1, 0.15) is 10.4 Å². The smallest absolute Gasteiger partial charge is 0.339 e. The fraction of sp³-hybridized carbons (Fsp3) is 0. The van der Waals surface area contributed by atoms with E-state index < -0.39 is 10.9 Å². The summed E-state index contributed by atoms with van der Waals surface area (Å²) in [6.45, 7) is 0. The summed E-state index contributed by atoms with van der Waals surface area (Å²) in [6.07, 6.45) is 2.21. The van der Waals surface area contributed by atoms with Gasteiger partial charge in [0.2, 0.25) is 0 Å². The van der Waals surface area contributed by atoms with E-state index in [1.54, 1.807) is 0 Å². The number of nitrogens with zero attached hydrogens (tertiary/aromatic N) is 3.